The number of hydrogen-bond donors (Lipinski definition) is 0. The van der Waals surface area contributed by atoms with Crippen molar-refractivity contribution in [2.75, 3.05) is 13.3 Å². The topological polar surface area (TPSA) is 12.4 Å². The maximum absolute atomic E-state index is 3.94. The summed E-state index contributed by atoms with van der Waals surface area (Å²) < 4.78 is 0. The molecule has 0 radical (unpaired) electrons. The summed E-state index contributed by atoms with van der Waals surface area (Å²) >= 11 is 1.68. The Morgan fingerprint density at radius 3 is 2.62 bits per heavy atom. The fraction of sp³-hybridized carbons (Fsp3) is 0.500. The van der Waals surface area contributed by atoms with Gasteiger partial charge >= 0.3 is 0 Å². The Balaban J connectivity index is 3.53. The lowest BCUT2D eigenvalue weighted by atomic mass is 10.4. The molecule has 0 aromatic carbocycles. The van der Waals surface area contributed by atoms with E-state index in [4.69, 9.17) is 0 Å². The molecule has 46 valence electrons. The second-order valence-corrected chi connectivity index (χ2v) is 2.15. The van der Waals surface area contributed by atoms with E-state index in [1.807, 2.05) is 24.7 Å². The Kier molecular flexibility index (Phi) is 4.76. The molecule has 0 bridgehead atoms. The predicted octanol–water partition coefficient (Wildman–Crippen LogP) is 1.95. The van der Waals surface area contributed by atoms with E-state index in [1.165, 1.54) is 0 Å². The highest BCUT2D eigenvalue weighted by Crippen LogP contribution is 1.92. The van der Waals surface area contributed by atoms with Crippen LogP contribution in [0.25, 0.3) is 0 Å². The van der Waals surface area contributed by atoms with Crippen LogP contribution in [0.5, 0.6) is 0 Å². The monoisotopic (exact) mass is 129 g/mol. The first-order valence-electron chi connectivity index (χ1n) is 2.44. The first kappa shape index (κ1) is 7.76. The van der Waals surface area contributed by atoms with Crippen LogP contribution in [0.4, 0.5) is 0 Å². The van der Waals surface area contributed by atoms with E-state index in [-0.39, 0.29) is 0 Å². The summed E-state index contributed by atoms with van der Waals surface area (Å²) in [5.74, 6) is 0. The molecule has 0 amide bonds. The third-order valence-electron chi connectivity index (χ3n) is 0.798. The molecule has 0 rings (SSSR count). The highest BCUT2D eigenvalue weighted by Gasteiger charge is 1.74. The van der Waals surface area contributed by atoms with Crippen molar-refractivity contribution in [3.05, 3.63) is 11.5 Å². The van der Waals surface area contributed by atoms with Gasteiger partial charge in [0.1, 0.15) is 0 Å². The van der Waals surface area contributed by atoms with Crippen molar-refractivity contribution in [3.8, 4) is 0 Å². The molecule has 0 unspecified atom stereocenters. The van der Waals surface area contributed by atoms with E-state index < -0.39 is 0 Å². The lowest BCUT2D eigenvalue weighted by molar-refractivity contribution is 1.43. The Morgan fingerprint density at radius 2 is 2.25 bits per heavy atom. The summed E-state index contributed by atoms with van der Waals surface area (Å²) in [4.78, 5) is 3.94. The van der Waals surface area contributed by atoms with Crippen molar-refractivity contribution >= 4 is 17.5 Å². The average molecular weight is 129 g/mol. The van der Waals surface area contributed by atoms with Gasteiger partial charge in [0.25, 0.3) is 0 Å². The van der Waals surface area contributed by atoms with Gasteiger partial charge in [0.15, 0.2) is 0 Å². The fourth-order valence-corrected chi connectivity index (χ4v) is 0.574. The summed E-state index contributed by atoms with van der Waals surface area (Å²) in [5, 5.41) is 2.02. The van der Waals surface area contributed by atoms with E-state index >= 15 is 0 Å². The van der Waals surface area contributed by atoms with E-state index in [1.54, 1.807) is 18.8 Å². The van der Waals surface area contributed by atoms with Crippen LogP contribution < -0.4 is 0 Å². The van der Waals surface area contributed by atoms with Gasteiger partial charge in [0, 0.05) is 12.8 Å². The lowest BCUT2D eigenvalue weighted by Crippen LogP contribution is -1.79. The molecule has 0 saturated heterocycles. The average Bonchev–Trinajstić information content (AvgIpc) is 1.83. The quantitative estimate of drug-likeness (QED) is 0.519. The minimum atomic E-state index is 1.07. The van der Waals surface area contributed by atoms with Crippen molar-refractivity contribution in [1.82, 2.24) is 0 Å². The van der Waals surface area contributed by atoms with E-state index in [0.29, 0.717) is 0 Å². The van der Waals surface area contributed by atoms with Gasteiger partial charge in [-0.1, -0.05) is 0 Å². The fourth-order valence-electron chi connectivity index (χ4n) is 0.241. The lowest BCUT2D eigenvalue weighted by Gasteiger charge is -1.83. The molecule has 0 aromatic rings. The first-order chi connectivity index (χ1) is 3.81. The molecular formula is C6H11NS. The predicted molar refractivity (Wildman–Crippen MR) is 41.7 cm³/mol. The highest BCUT2D eigenvalue weighted by atomic mass is 32.2. The van der Waals surface area contributed by atoms with Crippen LogP contribution in [-0.4, -0.2) is 19.0 Å². The Labute approximate surface area is 54.9 Å². The van der Waals surface area contributed by atoms with Crippen molar-refractivity contribution in [2.45, 2.75) is 6.92 Å². The first-order valence-corrected chi connectivity index (χ1v) is 3.72. The van der Waals surface area contributed by atoms with Gasteiger partial charge in [-0.25, -0.2) is 0 Å². The van der Waals surface area contributed by atoms with Crippen LogP contribution >= 0.6 is 11.8 Å². The molecule has 0 atom stereocenters. The Morgan fingerprint density at radius 1 is 1.62 bits per heavy atom. The molecule has 0 aliphatic carbocycles. The minimum absolute atomic E-state index is 1.07. The zero-order valence-electron chi connectivity index (χ0n) is 5.51. The molecule has 0 N–H and O–H groups in total. The van der Waals surface area contributed by atoms with Crippen LogP contribution in [0, 0.1) is 0 Å². The van der Waals surface area contributed by atoms with Gasteiger partial charge in [0.05, 0.1) is 0 Å². The van der Waals surface area contributed by atoms with Crippen molar-refractivity contribution in [3.63, 3.8) is 0 Å². The van der Waals surface area contributed by atoms with Gasteiger partial charge in [-0.15, -0.1) is 11.8 Å². The largest absolute Gasteiger partial charge is 0.293 e. The molecule has 0 fully saturated rings. The van der Waals surface area contributed by atoms with Crippen LogP contribution in [0.2, 0.25) is 0 Å². The summed E-state index contributed by atoms with van der Waals surface area (Å²) in [7, 11) is 1.79. The molecule has 0 spiro atoms. The van der Waals surface area contributed by atoms with Gasteiger partial charge in [-0.05, 0) is 24.7 Å². The number of nitrogens with zero attached hydrogens (tertiary/aromatic N) is 1. The smallest absolute Gasteiger partial charge is 0.0318 e. The summed E-state index contributed by atoms with van der Waals surface area (Å²) in [6.07, 6.45) is 4.02. The number of aliphatic imine (C=N–C) groups is 1. The Hall–Kier alpha value is -0.240. The molecule has 0 aliphatic heterocycles. The highest BCUT2D eigenvalue weighted by molar-refractivity contribution is 8.01. The van der Waals surface area contributed by atoms with Crippen molar-refractivity contribution < 1.29 is 0 Å². The summed E-state index contributed by atoms with van der Waals surface area (Å²) in [6, 6.07) is 0. The molecular weight excluding hydrogens is 118 g/mol. The van der Waals surface area contributed by atoms with Crippen LogP contribution in [0.1, 0.15) is 6.92 Å². The van der Waals surface area contributed by atoms with Crippen LogP contribution in [0.3, 0.4) is 0 Å². The maximum atomic E-state index is 3.94. The standard InChI is InChI=1S/C6H11NS/c1-6(7-2)4-5-8-3/h4-5H,1-3H3/b5-4-,7-6?. The summed E-state index contributed by atoms with van der Waals surface area (Å²) in [6.45, 7) is 1.98. The van der Waals surface area contributed by atoms with Crippen LogP contribution in [-0.2, 0) is 0 Å². The number of rotatable bonds is 2. The second-order valence-electron chi connectivity index (χ2n) is 1.40. The molecule has 0 aromatic heterocycles. The van der Waals surface area contributed by atoms with E-state index in [9.17, 15) is 0 Å². The Bertz CT molecular complexity index is 105. The zero-order valence-corrected chi connectivity index (χ0v) is 6.33. The SMILES string of the molecule is CN=C(C)/C=C\SC. The molecule has 0 aliphatic rings. The molecule has 0 saturated carbocycles. The molecule has 2 heteroatoms. The van der Waals surface area contributed by atoms with Gasteiger partial charge in [-0.2, -0.15) is 0 Å². The van der Waals surface area contributed by atoms with Gasteiger partial charge in [0.2, 0.25) is 0 Å². The van der Waals surface area contributed by atoms with Gasteiger partial charge < -0.3 is 0 Å². The third kappa shape index (κ3) is 3.93. The summed E-state index contributed by atoms with van der Waals surface area (Å²) in [5.41, 5.74) is 1.07. The van der Waals surface area contributed by atoms with Crippen LogP contribution in [0.15, 0.2) is 16.5 Å². The normalized spacial score (nSPS) is 13.1. The third-order valence-corrected chi connectivity index (χ3v) is 1.21. The minimum Gasteiger partial charge on any atom is -0.293 e. The number of thioether (sulfide) groups is 1. The number of allylic oxidation sites excluding steroid dienone is 1. The number of hydrogen-bond acceptors (Lipinski definition) is 2. The van der Waals surface area contributed by atoms with Gasteiger partial charge in [-0.3, -0.25) is 4.99 Å². The molecule has 8 heavy (non-hydrogen) atoms. The molecule has 0 heterocycles. The van der Waals surface area contributed by atoms with Crippen molar-refractivity contribution in [1.29, 1.82) is 0 Å². The molecule has 1 nitrogen and oxygen atoms in total. The second kappa shape index (κ2) is 4.91. The van der Waals surface area contributed by atoms with E-state index in [0.717, 1.165) is 5.71 Å². The van der Waals surface area contributed by atoms with Crippen molar-refractivity contribution in [2.24, 2.45) is 4.99 Å². The van der Waals surface area contributed by atoms with E-state index in [2.05, 4.69) is 4.99 Å². The zero-order chi connectivity index (χ0) is 6.41. The maximum Gasteiger partial charge on any atom is 0.0318 e.